The zero-order valence-electron chi connectivity index (χ0n) is 14.2. The van der Waals surface area contributed by atoms with Crippen molar-refractivity contribution >= 4 is 10.0 Å². The van der Waals surface area contributed by atoms with E-state index in [1.165, 1.54) is 12.8 Å². The van der Waals surface area contributed by atoms with Crippen molar-refractivity contribution in [1.82, 2.24) is 9.62 Å². The number of sulfonamides is 1. The van der Waals surface area contributed by atoms with Gasteiger partial charge in [0.2, 0.25) is 10.0 Å². The van der Waals surface area contributed by atoms with Crippen molar-refractivity contribution in [2.75, 3.05) is 26.2 Å². The molecule has 0 radical (unpaired) electrons. The number of hydrogen-bond donors (Lipinski definition) is 1. The molecule has 25 heavy (non-hydrogen) atoms. The summed E-state index contributed by atoms with van der Waals surface area (Å²) in [5.41, 5.74) is 0. The molecule has 1 N–H and O–H groups in total. The van der Waals surface area contributed by atoms with Crippen LogP contribution < -0.4 is 9.46 Å². The first kappa shape index (κ1) is 17.9. The van der Waals surface area contributed by atoms with Crippen molar-refractivity contribution in [2.24, 2.45) is 0 Å². The lowest BCUT2D eigenvalue weighted by atomic mass is 10.3. The van der Waals surface area contributed by atoms with Gasteiger partial charge in [-0.25, -0.2) is 13.1 Å². The molecule has 5 nitrogen and oxygen atoms in total. The summed E-state index contributed by atoms with van der Waals surface area (Å²) in [5, 5.41) is 0. The van der Waals surface area contributed by atoms with Gasteiger partial charge in [-0.2, -0.15) is 0 Å². The van der Waals surface area contributed by atoms with E-state index >= 15 is 0 Å². The molecule has 134 valence electrons. The van der Waals surface area contributed by atoms with Crippen LogP contribution in [-0.2, 0) is 10.0 Å². The van der Waals surface area contributed by atoms with Crippen LogP contribution in [0.1, 0.15) is 19.3 Å². The smallest absolute Gasteiger partial charge is 0.240 e. The van der Waals surface area contributed by atoms with Gasteiger partial charge in [0, 0.05) is 6.54 Å². The highest BCUT2D eigenvalue weighted by atomic mass is 32.2. The topological polar surface area (TPSA) is 58.6 Å². The lowest BCUT2D eigenvalue weighted by Gasteiger charge is -2.14. The molecule has 0 aromatic heterocycles. The number of hydrogen-bond acceptors (Lipinski definition) is 4. The van der Waals surface area contributed by atoms with Gasteiger partial charge in [0.25, 0.3) is 0 Å². The number of benzene rings is 2. The van der Waals surface area contributed by atoms with E-state index in [4.69, 9.17) is 4.74 Å². The molecule has 0 atom stereocenters. The molecule has 0 amide bonds. The Labute approximate surface area is 149 Å². The molecule has 1 heterocycles. The van der Waals surface area contributed by atoms with Gasteiger partial charge in [-0.05, 0) is 75.3 Å². The number of likely N-dealkylation sites (tertiary alicyclic amines) is 1. The van der Waals surface area contributed by atoms with Gasteiger partial charge in [-0.1, -0.05) is 18.2 Å². The molecule has 0 unspecified atom stereocenters. The monoisotopic (exact) mass is 360 g/mol. The number of para-hydroxylation sites is 1. The number of nitrogens with zero attached hydrogens (tertiary/aromatic N) is 1. The molecule has 1 saturated heterocycles. The maximum absolute atomic E-state index is 12.3. The predicted molar refractivity (Wildman–Crippen MR) is 98.4 cm³/mol. The van der Waals surface area contributed by atoms with Crippen LogP contribution in [0.5, 0.6) is 11.5 Å². The Morgan fingerprint density at radius 3 is 2.24 bits per heavy atom. The highest BCUT2D eigenvalue weighted by Gasteiger charge is 2.15. The van der Waals surface area contributed by atoms with Crippen LogP contribution in [0.15, 0.2) is 59.5 Å². The Morgan fingerprint density at radius 1 is 0.920 bits per heavy atom. The van der Waals surface area contributed by atoms with E-state index in [9.17, 15) is 8.42 Å². The van der Waals surface area contributed by atoms with E-state index < -0.39 is 10.0 Å². The summed E-state index contributed by atoms with van der Waals surface area (Å²) in [5.74, 6) is 1.33. The van der Waals surface area contributed by atoms with Gasteiger partial charge >= 0.3 is 0 Å². The third-order valence-electron chi connectivity index (χ3n) is 4.25. The Morgan fingerprint density at radius 2 is 1.56 bits per heavy atom. The van der Waals surface area contributed by atoms with Gasteiger partial charge in [0.1, 0.15) is 11.5 Å². The lowest BCUT2D eigenvalue weighted by Crippen LogP contribution is -2.28. The Balaban J connectivity index is 1.51. The molecule has 2 aromatic carbocycles. The van der Waals surface area contributed by atoms with Crippen molar-refractivity contribution in [3.05, 3.63) is 54.6 Å². The van der Waals surface area contributed by atoms with Crippen molar-refractivity contribution in [3.8, 4) is 11.5 Å². The summed E-state index contributed by atoms with van der Waals surface area (Å²) < 4.78 is 33.0. The number of ether oxygens (including phenoxy) is 1. The van der Waals surface area contributed by atoms with Crippen LogP contribution in [0.4, 0.5) is 0 Å². The second-order valence-electron chi connectivity index (χ2n) is 6.19. The first-order chi connectivity index (χ1) is 12.1. The van der Waals surface area contributed by atoms with Crippen LogP contribution >= 0.6 is 0 Å². The van der Waals surface area contributed by atoms with E-state index in [0.717, 1.165) is 31.8 Å². The molecule has 0 saturated carbocycles. The standard InChI is InChI=1S/C19H24N2O3S/c22-25(23,20-13-6-16-21-14-4-5-15-21)19-11-9-18(10-12-19)24-17-7-2-1-3-8-17/h1-3,7-12,20H,4-6,13-16H2. The molecule has 2 aromatic rings. The van der Waals surface area contributed by atoms with Crippen LogP contribution in [0.25, 0.3) is 0 Å². The SMILES string of the molecule is O=S(=O)(NCCCN1CCCC1)c1ccc(Oc2ccccc2)cc1. The zero-order chi connectivity index (χ0) is 17.5. The van der Waals surface area contributed by atoms with Gasteiger partial charge in [-0.15, -0.1) is 0 Å². The molecule has 1 aliphatic rings. The summed E-state index contributed by atoms with van der Waals surface area (Å²) in [6.45, 7) is 3.68. The molecule has 6 heteroatoms. The van der Waals surface area contributed by atoms with Gasteiger partial charge < -0.3 is 9.64 Å². The molecule has 0 aliphatic carbocycles. The molecular weight excluding hydrogens is 336 g/mol. The second-order valence-corrected chi connectivity index (χ2v) is 7.95. The van der Waals surface area contributed by atoms with E-state index in [-0.39, 0.29) is 4.90 Å². The number of nitrogens with one attached hydrogen (secondary N) is 1. The average Bonchev–Trinajstić information content (AvgIpc) is 3.14. The average molecular weight is 360 g/mol. The summed E-state index contributed by atoms with van der Waals surface area (Å²) in [4.78, 5) is 2.64. The van der Waals surface area contributed by atoms with Gasteiger partial charge in [-0.3, -0.25) is 0 Å². The third-order valence-corrected chi connectivity index (χ3v) is 5.73. The summed E-state index contributed by atoms with van der Waals surface area (Å²) in [7, 11) is -3.47. The second kappa shape index (κ2) is 8.47. The Bertz CT molecular complexity index is 755. The minimum atomic E-state index is -3.47. The lowest BCUT2D eigenvalue weighted by molar-refractivity contribution is 0.334. The molecule has 3 rings (SSSR count). The number of rotatable bonds is 8. The summed E-state index contributed by atoms with van der Waals surface area (Å²) in [6.07, 6.45) is 3.33. The van der Waals surface area contributed by atoms with Crippen molar-refractivity contribution in [3.63, 3.8) is 0 Å². The maximum Gasteiger partial charge on any atom is 0.240 e. The molecule has 1 fully saturated rings. The predicted octanol–water partition coefficient (Wildman–Crippen LogP) is 3.24. The fourth-order valence-electron chi connectivity index (χ4n) is 2.91. The fourth-order valence-corrected chi connectivity index (χ4v) is 3.98. The summed E-state index contributed by atoms with van der Waals surface area (Å²) in [6, 6.07) is 15.9. The van der Waals surface area contributed by atoms with E-state index in [1.807, 2.05) is 30.3 Å². The van der Waals surface area contributed by atoms with E-state index in [0.29, 0.717) is 12.3 Å². The van der Waals surface area contributed by atoms with Crippen LogP contribution in [0.2, 0.25) is 0 Å². The first-order valence-electron chi connectivity index (χ1n) is 8.68. The highest BCUT2D eigenvalue weighted by molar-refractivity contribution is 7.89. The zero-order valence-corrected chi connectivity index (χ0v) is 15.0. The quantitative estimate of drug-likeness (QED) is 0.734. The highest BCUT2D eigenvalue weighted by Crippen LogP contribution is 2.22. The van der Waals surface area contributed by atoms with Crippen molar-refractivity contribution < 1.29 is 13.2 Å². The van der Waals surface area contributed by atoms with Crippen LogP contribution in [0, 0.1) is 0 Å². The van der Waals surface area contributed by atoms with Gasteiger partial charge in [0.05, 0.1) is 4.90 Å². The minimum Gasteiger partial charge on any atom is -0.457 e. The van der Waals surface area contributed by atoms with Crippen LogP contribution in [0.3, 0.4) is 0 Å². The minimum absolute atomic E-state index is 0.258. The van der Waals surface area contributed by atoms with Crippen molar-refractivity contribution in [2.45, 2.75) is 24.2 Å². The van der Waals surface area contributed by atoms with Crippen LogP contribution in [-0.4, -0.2) is 39.5 Å². The maximum atomic E-state index is 12.3. The van der Waals surface area contributed by atoms with E-state index in [2.05, 4.69) is 9.62 Å². The Kier molecular flexibility index (Phi) is 6.07. The molecular formula is C19H24N2O3S. The van der Waals surface area contributed by atoms with Gasteiger partial charge in [0.15, 0.2) is 0 Å². The molecule has 1 aliphatic heterocycles. The largest absolute Gasteiger partial charge is 0.457 e. The fraction of sp³-hybridized carbons (Fsp3) is 0.368. The normalized spacial score (nSPS) is 15.4. The summed E-state index contributed by atoms with van der Waals surface area (Å²) >= 11 is 0. The first-order valence-corrected chi connectivity index (χ1v) is 10.2. The van der Waals surface area contributed by atoms with Crippen molar-refractivity contribution in [1.29, 1.82) is 0 Å². The molecule has 0 spiro atoms. The Hall–Kier alpha value is -1.89. The van der Waals surface area contributed by atoms with E-state index in [1.54, 1.807) is 24.3 Å². The third kappa shape index (κ3) is 5.29. The molecule has 0 bridgehead atoms.